The Balaban J connectivity index is 1.72. The Kier molecular flexibility index (Phi) is 11.7. The third-order valence-electron chi connectivity index (χ3n) is 4.29. The predicted octanol–water partition coefficient (Wildman–Crippen LogP) is 5.50. The fourth-order valence-electron chi connectivity index (χ4n) is 2.75. The first-order chi connectivity index (χ1) is 17.2. The maximum absolute atomic E-state index is 8.98. The Labute approximate surface area is 216 Å². The van der Waals surface area contributed by atoms with E-state index in [2.05, 4.69) is 41.2 Å². The lowest BCUT2D eigenvalue weighted by Gasteiger charge is -2.12. The van der Waals surface area contributed by atoms with Gasteiger partial charge in [-0.1, -0.05) is 0 Å². The second-order valence-corrected chi connectivity index (χ2v) is 8.73. The fourth-order valence-corrected chi connectivity index (χ4v) is 3.28. The Hall–Kier alpha value is -2.75. The Morgan fingerprint density at radius 2 is 1.17 bits per heavy atom. The second-order valence-electron chi connectivity index (χ2n) is 6.81. The zero-order valence-electron chi connectivity index (χ0n) is 18.6. The summed E-state index contributed by atoms with van der Waals surface area (Å²) in [6.45, 7) is 1.14. The molecule has 0 aliphatic heterocycles. The molecule has 0 atom stereocenters. The molecule has 0 aliphatic carbocycles. The van der Waals surface area contributed by atoms with E-state index in [9.17, 15) is 0 Å². The van der Waals surface area contributed by atoms with Crippen molar-refractivity contribution in [2.45, 2.75) is 0 Å². The van der Waals surface area contributed by atoms with Gasteiger partial charge >= 0.3 is 0 Å². The molecule has 0 fully saturated rings. The molecule has 7 N–H and O–H groups in total. The van der Waals surface area contributed by atoms with Crippen LogP contribution in [0, 0.1) is 0 Å². The zero-order valence-corrected chi connectivity index (χ0v) is 21.0. The Morgan fingerprint density at radius 3 is 1.74 bits per heavy atom. The third-order valence-corrected chi connectivity index (χ3v) is 5.36. The van der Waals surface area contributed by atoms with Gasteiger partial charge in [0, 0.05) is 47.9 Å². The van der Waals surface area contributed by atoms with Gasteiger partial charge in [0.25, 0.3) is 0 Å². The van der Waals surface area contributed by atoms with Crippen molar-refractivity contribution in [2.75, 3.05) is 51.6 Å². The van der Waals surface area contributed by atoms with Crippen LogP contribution in [0.4, 0.5) is 40.6 Å². The summed E-state index contributed by atoms with van der Waals surface area (Å²) < 4.78 is 26.6. The molecule has 0 radical (unpaired) electrons. The van der Waals surface area contributed by atoms with Gasteiger partial charge in [0.15, 0.2) is 0 Å². The molecule has 0 aliphatic rings. The molecule has 0 amide bonds. The quantitative estimate of drug-likeness (QED) is 0.0744. The highest BCUT2D eigenvalue weighted by Crippen LogP contribution is 2.22. The molecule has 186 valence electrons. The minimum atomic E-state index is 0.342. The summed E-state index contributed by atoms with van der Waals surface area (Å²) in [5.74, 6) is 2.56. The van der Waals surface area contributed by atoms with Gasteiger partial charge in [-0.25, -0.2) is 0 Å². The summed E-state index contributed by atoms with van der Waals surface area (Å²) in [7, 11) is 0. The lowest BCUT2D eigenvalue weighted by atomic mass is 10.3. The van der Waals surface area contributed by atoms with E-state index in [1.165, 1.54) is 0 Å². The first kappa shape index (κ1) is 26.8. The van der Waals surface area contributed by atoms with Crippen molar-refractivity contribution in [3.8, 4) is 0 Å². The van der Waals surface area contributed by atoms with E-state index in [0.717, 1.165) is 46.8 Å². The molecule has 0 saturated carbocycles. The summed E-state index contributed by atoms with van der Waals surface area (Å²) in [4.78, 5) is 17.6. The number of anilines is 6. The van der Waals surface area contributed by atoms with Crippen molar-refractivity contribution in [1.82, 2.24) is 15.0 Å². The van der Waals surface area contributed by atoms with Crippen LogP contribution >= 0.6 is 36.1 Å². The van der Waals surface area contributed by atoms with Crippen molar-refractivity contribution < 1.29 is 13.7 Å². The number of aromatic nitrogens is 3. The molecule has 3 rings (SSSR count). The van der Waals surface area contributed by atoms with E-state index in [1.54, 1.807) is 6.21 Å². The van der Waals surface area contributed by atoms with Gasteiger partial charge in [-0.05, 0) is 84.7 Å². The highest BCUT2D eigenvalue weighted by Gasteiger charge is 2.08. The SMILES string of the molecule is OSCC=Nc1ccc(Nc2nc(NCCSO)nc(Nc3ccc(NCCSO)cc3)n2)cc1. The van der Waals surface area contributed by atoms with E-state index in [-0.39, 0.29) is 0 Å². The largest absolute Gasteiger partial charge is 0.384 e. The molecule has 35 heavy (non-hydrogen) atoms. The van der Waals surface area contributed by atoms with Crippen LogP contribution in [0.1, 0.15) is 0 Å². The first-order valence-corrected chi connectivity index (χ1v) is 13.3. The molecule has 0 unspecified atom stereocenters. The van der Waals surface area contributed by atoms with Crippen LogP contribution in [-0.2, 0) is 0 Å². The van der Waals surface area contributed by atoms with Crippen molar-refractivity contribution >= 4 is 82.9 Å². The van der Waals surface area contributed by atoms with Crippen molar-refractivity contribution in [3.05, 3.63) is 48.5 Å². The molecule has 3 aromatic rings. The van der Waals surface area contributed by atoms with Gasteiger partial charge in [0.05, 0.1) is 11.4 Å². The van der Waals surface area contributed by atoms with Crippen LogP contribution in [-0.4, -0.2) is 65.2 Å². The normalized spacial score (nSPS) is 10.9. The molecular weight excluding hydrogens is 508 g/mol. The maximum Gasteiger partial charge on any atom is 0.233 e. The molecule has 2 aromatic carbocycles. The lowest BCUT2D eigenvalue weighted by Crippen LogP contribution is -2.11. The minimum absolute atomic E-state index is 0.342. The molecule has 1 aromatic heterocycles. The maximum atomic E-state index is 8.98. The van der Waals surface area contributed by atoms with Crippen molar-refractivity contribution in [3.63, 3.8) is 0 Å². The van der Waals surface area contributed by atoms with Crippen LogP contribution in [0.25, 0.3) is 0 Å². The molecule has 14 heteroatoms. The standard InChI is InChI=1S/C21H26N8O3S3/c30-33-12-9-22-15-1-5-17(6-2-15)25-20-27-19(24-11-14-35-32)28-21(29-20)26-18-7-3-16(4-8-18)23-10-13-34-31/h1-9,23,30-32H,10-14H2,(H3,24,25,26,27,28,29). The van der Waals surface area contributed by atoms with Gasteiger partial charge in [-0.15, -0.1) is 0 Å². The number of hydrogen-bond acceptors (Lipinski definition) is 14. The molecule has 0 spiro atoms. The average Bonchev–Trinajstić information content (AvgIpc) is 2.87. The number of benzene rings is 2. The minimum Gasteiger partial charge on any atom is -0.384 e. The van der Waals surface area contributed by atoms with Crippen LogP contribution in [0.3, 0.4) is 0 Å². The number of hydrogen-bond donors (Lipinski definition) is 7. The van der Waals surface area contributed by atoms with Gasteiger partial charge in [-0.3, -0.25) is 4.99 Å². The van der Waals surface area contributed by atoms with Crippen LogP contribution in [0.2, 0.25) is 0 Å². The van der Waals surface area contributed by atoms with E-state index < -0.39 is 0 Å². The summed E-state index contributed by atoms with van der Waals surface area (Å²) in [5, 5.41) is 12.6. The van der Waals surface area contributed by atoms with Gasteiger partial charge in [0.2, 0.25) is 17.8 Å². The van der Waals surface area contributed by atoms with Gasteiger partial charge in [-0.2, -0.15) is 15.0 Å². The van der Waals surface area contributed by atoms with Gasteiger partial charge in [0.1, 0.15) is 0 Å². The Bertz CT molecular complexity index is 1060. The number of aliphatic imine (C=N–C) groups is 1. The van der Waals surface area contributed by atoms with Crippen LogP contribution in [0.5, 0.6) is 0 Å². The average molecular weight is 535 g/mol. The molecule has 0 bridgehead atoms. The summed E-state index contributed by atoms with van der Waals surface area (Å²) in [5.41, 5.74) is 3.27. The summed E-state index contributed by atoms with van der Waals surface area (Å²) in [6.07, 6.45) is 1.64. The van der Waals surface area contributed by atoms with Gasteiger partial charge < -0.3 is 34.9 Å². The van der Waals surface area contributed by atoms with E-state index in [1.807, 2.05) is 48.5 Å². The van der Waals surface area contributed by atoms with E-state index >= 15 is 0 Å². The highest BCUT2D eigenvalue weighted by molar-refractivity contribution is 7.94. The molecule has 1 heterocycles. The highest BCUT2D eigenvalue weighted by atomic mass is 32.2. The van der Waals surface area contributed by atoms with Crippen molar-refractivity contribution in [1.29, 1.82) is 0 Å². The predicted molar refractivity (Wildman–Crippen MR) is 150 cm³/mol. The molecule has 11 nitrogen and oxygen atoms in total. The zero-order chi connectivity index (χ0) is 24.7. The van der Waals surface area contributed by atoms with Crippen LogP contribution < -0.4 is 21.3 Å². The number of rotatable bonds is 15. The number of nitrogens with zero attached hydrogens (tertiary/aromatic N) is 4. The first-order valence-electron chi connectivity index (χ1n) is 10.5. The molecular formula is C21H26N8O3S3. The topological polar surface area (TPSA) is 160 Å². The molecule has 0 saturated heterocycles. The van der Waals surface area contributed by atoms with E-state index in [4.69, 9.17) is 13.7 Å². The third kappa shape index (κ3) is 9.79. The summed E-state index contributed by atoms with van der Waals surface area (Å²) >= 11 is 2.26. The lowest BCUT2D eigenvalue weighted by molar-refractivity contribution is 0.663. The summed E-state index contributed by atoms with van der Waals surface area (Å²) in [6, 6.07) is 15.0. The van der Waals surface area contributed by atoms with Crippen molar-refractivity contribution in [2.24, 2.45) is 4.99 Å². The second kappa shape index (κ2) is 15.3. The van der Waals surface area contributed by atoms with E-state index in [0.29, 0.717) is 60.2 Å². The Morgan fingerprint density at radius 1 is 0.657 bits per heavy atom. The van der Waals surface area contributed by atoms with Crippen LogP contribution in [0.15, 0.2) is 53.5 Å². The number of nitrogens with one attached hydrogen (secondary N) is 4. The fraction of sp³-hybridized carbons (Fsp3) is 0.238. The smallest absolute Gasteiger partial charge is 0.233 e. The monoisotopic (exact) mass is 534 g/mol.